The number of rotatable bonds is 8. The summed E-state index contributed by atoms with van der Waals surface area (Å²) in [5, 5.41) is 0. The highest BCUT2D eigenvalue weighted by atomic mass is 32.2. The van der Waals surface area contributed by atoms with Crippen LogP contribution in [-0.4, -0.2) is 35.9 Å². The molecule has 2 rings (SSSR count). The molecule has 0 radical (unpaired) electrons. The summed E-state index contributed by atoms with van der Waals surface area (Å²) in [6, 6.07) is 9.70. The van der Waals surface area contributed by atoms with E-state index in [2.05, 4.69) is 29.6 Å². The van der Waals surface area contributed by atoms with Gasteiger partial charge in [0.2, 0.25) is 0 Å². The predicted octanol–water partition coefficient (Wildman–Crippen LogP) is 2.90. The summed E-state index contributed by atoms with van der Waals surface area (Å²) in [6.45, 7) is 7.69. The first kappa shape index (κ1) is 18.7. The number of ether oxygens (including phenoxy) is 1. The second-order valence-electron chi connectivity index (χ2n) is 6.59. The Morgan fingerprint density at radius 1 is 1.17 bits per heavy atom. The first-order valence-electron chi connectivity index (χ1n) is 7.76. The Morgan fingerprint density at radius 2 is 1.79 bits per heavy atom. The van der Waals surface area contributed by atoms with Gasteiger partial charge >= 0.3 is 0 Å². The van der Waals surface area contributed by atoms with Gasteiger partial charge in [0.1, 0.15) is 11.4 Å². The minimum absolute atomic E-state index is 0.172. The van der Waals surface area contributed by atoms with E-state index in [0.29, 0.717) is 23.1 Å². The molecule has 1 atom stereocenters. The molecule has 0 aliphatic heterocycles. The first-order valence-corrected chi connectivity index (χ1v) is 12.6. The van der Waals surface area contributed by atoms with Crippen LogP contribution in [0.3, 0.4) is 0 Å². The third kappa shape index (κ3) is 5.79. The van der Waals surface area contributed by atoms with Crippen molar-refractivity contribution < 1.29 is 9.29 Å². The lowest BCUT2D eigenvalue weighted by molar-refractivity contribution is 0.155. The standard InChI is InChI=1S/C16H24N4O2SSi/c1-24(2,3)12-11-22-13-20(16-18-9-4-10-19-16)23(21)15-7-5-14(17)6-8-15/h4-10H,11-13,17H2,1-3H3. The molecule has 0 amide bonds. The quantitative estimate of drug-likeness (QED) is 0.255. The summed E-state index contributed by atoms with van der Waals surface area (Å²) in [7, 11) is -1.17. The van der Waals surface area contributed by atoms with Crippen LogP contribution in [0.4, 0.5) is 11.6 Å². The van der Waals surface area contributed by atoms with E-state index in [1.807, 2.05) is 0 Å². The highest BCUT2D eigenvalue weighted by Crippen LogP contribution is 2.21. The molecule has 0 saturated carbocycles. The molecule has 0 fully saturated rings. The maximum atomic E-state index is 12.9. The Balaban J connectivity index is 2.09. The van der Waals surface area contributed by atoms with E-state index in [9.17, 15) is 4.55 Å². The topological polar surface area (TPSA) is 87.3 Å². The number of nitrogens with zero attached hydrogens (tertiary/aromatic N) is 3. The zero-order valence-corrected chi connectivity index (χ0v) is 16.1. The maximum absolute atomic E-state index is 12.9. The number of hydrogen-bond acceptors (Lipinski definition) is 6. The number of hydrogen-bond donors (Lipinski definition) is 1. The molecule has 8 heteroatoms. The van der Waals surface area contributed by atoms with Crippen molar-refractivity contribution in [1.29, 1.82) is 0 Å². The average Bonchev–Trinajstić information content (AvgIpc) is 2.55. The van der Waals surface area contributed by atoms with Crippen LogP contribution in [0, 0.1) is 0 Å². The molecule has 2 N–H and O–H groups in total. The monoisotopic (exact) mass is 364 g/mol. The molecule has 6 nitrogen and oxygen atoms in total. The van der Waals surface area contributed by atoms with E-state index in [1.54, 1.807) is 47.0 Å². The number of nitrogen functional groups attached to an aromatic ring is 1. The lowest BCUT2D eigenvalue weighted by atomic mass is 10.3. The number of aromatic nitrogens is 2. The Hall–Kier alpha value is -1.61. The summed E-state index contributed by atoms with van der Waals surface area (Å²) < 4.78 is 20.2. The number of anilines is 2. The van der Waals surface area contributed by atoms with Gasteiger partial charge in [-0.15, -0.1) is 4.31 Å². The van der Waals surface area contributed by atoms with Gasteiger partial charge in [-0.25, -0.2) is 9.97 Å². The van der Waals surface area contributed by atoms with Crippen LogP contribution < -0.4 is 10.0 Å². The highest BCUT2D eigenvalue weighted by molar-refractivity contribution is 7.92. The summed E-state index contributed by atoms with van der Waals surface area (Å²) in [6.07, 6.45) is 3.25. The predicted molar refractivity (Wildman–Crippen MR) is 101 cm³/mol. The van der Waals surface area contributed by atoms with Crippen molar-refractivity contribution in [3.05, 3.63) is 42.7 Å². The van der Waals surface area contributed by atoms with Gasteiger partial charge in [0.25, 0.3) is 5.95 Å². The van der Waals surface area contributed by atoms with Gasteiger partial charge in [-0.05, 0) is 36.4 Å². The van der Waals surface area contributed by atoms with Gasteiger partial charge in [-0.3, -0.25) is 0 Å². The fraction of sp³-hybridized carbons (Fsp3) is 0.375. The summed E-state index contributed by atoms with van der Waals surface area (Å²) in [5.41, 5.74) is 6.32. The van der Waals surface area contributed by atoms with Crippen LogP contribution in [0.25, 0.3) is 0 Å². The molecule has 0 aliphatic carbocycles. The Labute approximate surface area is 147 Å². The van der Waals surface area contributed by atoms with E-state index in [0.717, 1.165) is 6.04 Å². The zero-order chi connectivity index (χ0) is 17.6. The molecule has 2 aromatic rings. The molecular formula is C16H24N4O2SSi. The first-order chi connectivity index (χ1) is 11.4. The van der Waals surface area contributed by atoms with Crippen molar-refractivity contribution in [3.8, 4) is 0 Å². The van der Waals surface area contributed by atoms with Crippen LogP contribution in [0.2, 0.25) is 25.7 Å². The van der Waals surface area contributed by atoms with Crippen molar-refractivity contribution >= 4 is 31.1 Å². The molecule has 130 valence electrons. The second-order valence-corrected chi connectivity index (χ2v) is 13.6. The molecule has 24 heavy (non-hydrogen) atoms. The molecule has 0 aliphatic rings. The van der Waals surface area contributed by atoms with Crippen LogP contribution in [-0.2, 0) is 16.1 Å². The summed E-state index contributed by atoms with van der Waals surface area (Å²) in [5.74, 6) is 0.376. The largest absolute Gasteiger partial charge is 0.588 e. The minimum atomic E-state index is -1.47. The third-order valence-corrected chi connectivity index (χ3v) is 6.31. The van der Waals surface area contributed by atoms with Crippen molar-refractivity contribution in [2.45, 2.75) is 30.6 Å². The highest BCUT2D eigenvalue weighted by Gasteiger charge is 2.26. The Morgan fingerprint density at radius 3 is 2.38 bits per heavy atom. The van der Waals surface area contributed by atoms with Gasteiger partial charge in [-0.1, -0.05) is 19.6 Å². The van der Waals surface area contributed by atoms with Gasteiger partial charge < -0.3 is 15.0 Å². The molecule has 1 aromatic heterocycles. The molecule has 1 aromatic carbocycles. The number of benzene rings is 1. The number of nitrogens with two attached hydrogens (primary N) is 1. The van der Waals surface area contributed by atoms with Gasteiger partial charge in [0.15, 0.2) is 11.6 Å². The Bertz CT molecular complexity index is 622. The van der Waals surface area contributed by atoms with Crippen molar-refractivity contribution in [2.24, 2.45) is 0 Å². The SMILES string of the molecule is C[Si](C)(C)CCOCN(c1ncccn1)[S+]([O-])c1ccc(N)cc1. The molecule has 1 unspecified atom stereocenters. The lowest BCUT2D eigenvalue weighted by Gasteiger charge is -2.24. The van der Waals surface area contributed by atoms with E-state index >= 15 is 0 Å². The maximum Gasteiger partial charge on any atom is 0.270 e. The summed E-state index contributed by atoms with van der Waals surface area (Å²) >= 11 is -1.47. The summed E-state index contributed by atoms with van der Waals surface area (Å²) in [4.78, 5) is 9.02. The fourth-order valence-corrected chi connectivity index (χ4v) is 3.63. The van der Waals surface area contributed by atoms with Crippen LogP contribution in [0.15, 0.2) is 47.6 Å². The van der Waals surface area contributed by atoms with Gasteiger partial charge in [0.05, 0.1) is 0 Å². The molecular weight excluding hydrogens is 340 g/mol. The van der Waals surface area contributed by atoms with Crippen molar-refractivity contribution in [2.75, 3.05) is 23.4 Å². The molecule has 1 heterocycles. The third-order valence-electron chi connectivity index (χ3n) is 3.26. The van der Waals surface area contributed by atoms with Gasteiger partial charge in [-0.2, -0.15) is 0 Å². The molecule has 0 saturated heterocycles. The smallest absolute Gasteiger partial charge is 0.270 e. The fourth-order valence-electron chi connectivity index (χ4n) is 1.84. The van der Waals surface area contributed by atoms with Crippen molar-refractivity contribution in [1.82, 2.24) is 9.97 Å². The zero-order valence-electron chi connectivity index (χ0n) is 14.3. The minimum Gasteiger partial charge on any atom is -0.588 e. The second kappa shape index (κ2) is 8.47. The van der Waals surface area contributed by atoms with E-state index in [4.69, 9.17) is 10.5 Å². The van der Waals surface area contributed by atoms with Crippen LogP contribution >= 0.6 is 0 Å². The average molecular weight is 365 g/mol. The van der Waals surface area contributed by atoms with Gasteiger partial charge in [0, 0.05) is 32.8 Å². The van der Waals surface area contributed by atoms with Crippen LogP contribution in [0.5, 0.6) is 0 Å². The van der Waals surface area contributed by atoms with Crippen molar-refractivity contribution in [3.63, 3.8) is 0 Å². The normalized spacial score (nSPS) is 12.8. The van der Waals surface area contributed by atoms with E-state index in [1.165, 1.54) is 0 Å². The van der Waals surface area contributed by atoms with Crippen LogP contribution in [0.1, 0.15) is 0 Å². The lowest BCUT2D eigenvalue weighted by Crippen LogP contribution is -2.35. The molecule has 0 bridgehead atoms. The van der Waals surface area contributed by atoms with E-state index in [-0.39, 0.29) is 6.73 Å². The Kier molecular flexibility index (Phi) is 6.61. The van der Waals surface area contributed by atoms with E-state index < -0.39 is 19.4 Å². The molecule has 0 spiro atoms.